The fraction of sp³-hybridized carbons (Fsp3) is 0.250. The molecule has 1 atom stereocenters. The molecular weight excluding hydrogens is 232 g/mol. The molecule has 0 aliphatic carbocycles. The number of hydrogen-bond acceptors (Lipinski definition) is 4. The predicted octanol–water partition coefficient (Wildman–Crippen LogP) is 2.26. The minimum absolute atomic E-state index is 0.133. The van der Waals surface area contributed by atoms with Gasteiger partial charge in [0.1, 0.15) is 5.76 Å². The van der Waals surface area contributed by atoms with Gasteiger partial charge in [-0.05, 0) is 25.5 Å². The lowest BCUT2D eigenvalue weighted by Crippen LogP contribution is -2.31. The van der Waals surface area contributed by atoms with Crippen molar-refractivity contribution in [3.63, 3.8) is 0 Å². The van der Waals surface area contributed by atoms with Gasteiger partial charge in [-0.1, -0.05) is 11.2 Å². The van der Waals surface area contributed by atoms with Gasteiger partial charge >= 0.3 is 6.03 Å². The van der Waals surface area contributed by atoms with E-state index in [9.17, 15) is 4.79 Å². The predicted molar refractivity (Wildman–Crippen MR) is 66.0 cm³/mol. The van der Waals surface area contributed by atoms with E-state index in [1.807, 2.05) is 19.1 Å². The number of hydrogen-bond donors (Lipinski definition) is 2. The van der Waals surface area contributed by atoms with E-state index in [2.05, 4.69) is 20.8 Å². The van der Waals surface area contributed by atoms with Crippen LogP contribution in [0.15, 0.2) is 35.1 Å². The van der Waals surface area contributed by atoms with Crippen molar-refractivity contribution in [3.8, 4) is 0 Å². The molecule has 2 N–H and O–H groups in total. The molecule has 0 radical (unpaired) electrons. The minimum atomic E-state index is -0.334. The van der Waals surface area contributed by atoms with Crippen LogP contribution in [0.5, 0.6) is 0 Å². The van der Waals surface area contributed by atoms with Gasteiger partial charge in [-0.3, -0.25) is 10.3 Å². The van der Waals surface area contributed by atoms with Crippen molar-refractivity contribution in [2.24, 2.45) is 0 Å². The molecule has 0 aliphatic rings. The van der Waals surface area contributed by atoms with Crippen LogP contribution >= 0.6 is 0 Å². The summed E-state index contributed by atoms with van der Waals surface area (Å²) in [5.41, 5.74) is 0.934. The highest BCUT2D eigenvalue weighted by Crippen LogP contribution is 2.11. The van der Waals surface area contributed by atoms with Crippen LogP contribution in [0, 0.1) is 6.92 Å². The Labute approximate surface area is 104 Å². The summed E-state index contributed by atoms with van der Waals surface area (Å²) in [6.07, 6.45) is 3.40. The Hall–Kier alpha value is -2.37. The molecule has 2 heterocycles. The minimum Gasteiger partial charge on any atom is -0.360 e. The maximum atomic E-state index is 11.7. The second-order valence-electron chi connectivity index (χ2n) is 3.93. The number of rotatable bonds is 3. The van der Waals surface area contributed by atoms with E-state index in [1.54, 1.807) is 25.4 Å². The van der Waals surface area contributed by atoms with E-state index in [0.717, 1.165) is 5.56 Å². The Morgan fingerprint density at radius 1 is 1.50 bits per heavy atom. The second kappa shape index (κ2) is 5.31. The average Bonchev–Trinajstić information content (AvgIpc) is 2.75. The number of aryl methyl sites for hydroxylation is 1. The van der Waals surface area contributed by atoms with Crippen LogP contribution in [0.25, 0.3) is 0 Å². The third kappa shape index (κ3) is 3.07. The summed E-state index contributed by atoms with van der Waals surface area (Å²) in [5, 5.41) is 9.05. The SMILES string of the molecule is Cc1cc(NC(=O)NC(C)c2cccnc2)no1. The normalized spacial score (nSPS) is 11.9. The summed E-state index contributed by atoms with van der Waals surface area (Å²) >= 11 is 0. The average molecular weight is 246 g/mol. The van der Waals surface area contributed by atoms with Crippen molar-refractivity contribution in [3.05, 3.63) is 41.9 Å². The van der Waals surface area contributed by atoms with Crippen molar-refractivity contribution in [2.75, 3.05) is 5.32 Å². The van der Waals surface area contributed by atoms with E-state index in [4.69, 9.17) is 4.52 Å². The molecule has 2 amide bonds. The van der Waals surface area contributed by atoms with Gasteiger partial charge in [0.15, 0.2) is 5.82 Å². The van der Waals surface area contributed by atoms with E-state index in [1.165, 1.54) is 0 Å². The van der Waals surface area contributed by atoms with Crippen molar-refractivity contribution in [2.45, 2.75) is 19.9 Å². The molecule has 2 aromatic rings. The molecule has 0 saturated carbocycles. The highest BCUT2D eigenvalue weighted by molar-refractivity contribution is 5.88. The van der Waals surface area contributed by atoms with Crippen molar-refractivity contribution >= 4 is 11.8 Å². The number of pyridine rings is 1. The first-order chi connectivity index (χ1) is 8.65. The first-order valence-electron chi connectivity index (χ1n) is 5.56. The van der Waals surface area contributed by atoms with Gasteiger partial charge in [-0.25, -0.2) is 4.79 Å². The molecule has 6 heteroatoms. The largest absolute Gasteiger partial charge is 0.360 e. The molecule has 2 rings (SSSR count). The van der Waals surface area contributed by atoms with Gasteiger partial charge in [0.05, 0.1) is 6.04 Å². The van der Waals surface area contributed by atoms with Gasteiger partial charge in [-0.15, -0.1) is 0 Å². The fourth-order valence-corrected chi connectivity index (χ4v) is 1.49. The highest BCUT2D eigenvalue weighted by Gasteiger charge is 2.10. The van der Waals surface area contributed by atoms with E-state index < -0.39 is 0 Å². The molecule has 18 heavy (non-hydrogen) atoms. The van der Waals surface area contributed by atoms with Crippen LogP contribution in [0.2, 0.25) is 0 Å². The first kappa shape index (κ1) is 12.1. The van der Waals surface area contributed by atoms with Crippen LogP contribution in [0.3, 0.4) is 0 Å². The van der Waals surface area contributed by atoms with Crippen LogP contribution < -0.4 is 10.6 Å². The van der Waals surface area contributed by atoms with Crippen molar-refractivity contribution in [1.29, 1.82) is 0 Å². The monoisotopic (exact) mass is 246 g/mol. The molecule has 0 aromatic carbocycles. The highest BCUT2D eigenvalue weighted by atomic mass is 16.5. The number of nitrogens with one attached hydrogen (secondary N) is 2. The standard InChI is InChI=1S/C12H14N4O2/c1-8-6-11(16-18-8)15-12(17)14-9(2)10-4-3-5-13-7-10/h3-7,9H,1-2H3,(H2,14,15,16,17). The molecule has 0 fully saturated rings. The third-order valence-corrected chi connectivity index (χ3v) is 2.40. The molecule has 1 unspecified atom stereocenters. The van der Waals surface area contributed by atoms with Gasteiger partial charge in [-0.2, -0.15) is 0 Å². The van der Waals surface area contributed by atoms with Crippen LogP contribution in [-0.2, 0) is 0 Å². The number of carbonyl (C=O) groups excluding carboxylic acids is 1. The third-order valence-electron chi connectivity index (χ3n) is 2.40. The maximum absolute atomic E-state index is 11.7. The fourth-order valence-electron chi connectivity index (χ4n) is 1.49. The molecule has 6 nitrogen and oxygen atoms in total. The molecule has 94 valence electrons. The number of nitrogens with zero attached hydrogens (tertiary/aromatic N) is 2. The molecule has 0 saturated heterocycles. The Morgan fingerprint density at radius 2 is 2.33 bits per heavy atom. The summed E-state index contributed by atoms with van der Waals surface area (Å²) < 4.78 is 4.85. The lowest BCUT2D eigenvalue weighted by atomic mass is 10.1. The number of urea groups is 1. The zero-order valence-electron chi connectivity index (χ0n) is 10.2. The quantitative estimate of drug-likeness (QED) is 0.870. The van der Waals surface area contributed by atoms with Crippen LogP contribution in [-0.4, -0.2) is 16.2 Å². The van der Waals surface area contributed by atoms with Crippen LogP contribution in [0.1, 0.15) is 24.3 Å². The maximum Gasteiger partial charge on any atom is 0.320 e. The topological polar surface area (TPSA) is 80.0 Å². The van der Waals surface area contributed by atoms with E-state index in [0.29, 0.717) is 11.6 Å². The summed E-state index contributed by atoms with van der Waals surface area (Å²) in [6, 6.07) is 4.91. The smallest absolute Gasteiger partial charge is 0.320 e. The zero-order valence-corrected chi connectivity index (χ0v) is 10.2. The number of carbonyl (C=O) groups is 1. The van der Waals surface area contributed by atoms with Gasteiger partial charge in [0.25, 0.3) is 0 Å². The van der Waals surface area contributed by atoms with Crippen molar-refractivity contribution < 1.29 is 9.32 Å². The summed E-state index contributed by atoms with van der Waals surface area (Å²) in [4.78, 5) is 15.7. The Bertz CT molecular complexity index is 524. The van der Waals surface area contributed by atoms with Gasteiger partial charge in [0.2, 0.25) is 0 Å². The first-order valence-corrected chi connectivity index (χ1v) is 5.56. The van der Waals surface area contributed by atoms with Gasteiger partial charge in [0, 0.05) is 18.5 Å². The van der Waals surface area contributed by atoms with Gasteiger partial charge < -0.3 is 9.84 Å². The summed E-state index contributed by atoms with van der Waals surface area (Å²) in [6.45, 7) is 3.64. The Kier molecular flexibility index (Phi) is 3.57. The lowest BCUT2D eigenvalue weighted by molar-refractivity contribution is 0.249. The summed E-state index contributed by atoms with van der Waals surface area (Å²) in [5.74, 6) is 1.04. The molecule has 0 spiro atoms. The van der Waals surface area contributed by atoms with E-state index >= 15 is 0 Å². The molecule has 0 bridgehead atoms. The molecule has 0 aliphatic heterocycles. The van der Waals surface area contributed by atoms with Crippen molar-refractivity contribution in [1.82, 2.24) is 15.5 Å². The molecular formula is C12H14N4O2. The second-order valence-corrected chi connectivity index (χ2v) is 3.93. The number of anilines is 1. The number of amides is 2. The zero-order chi connectivity index (χ0) is 13.0. The van der Waals surface area contributed by atoms with Crippen LogP contribution in [0.4, 0.5) is 10.6 Å². The summed E-state index contributed by atoms with van der Waals surface area (Å²) in [7, 11) is 0. The number of aromatic nitrogens is 2. The Morgan fingerprint density at radius 3 is 2.94 bits per heavy atom. The molecule has 2 aromatic heterocycles. The lowest BCUT2D eigenvalue weighted by Gasteiger charge is -2.13. The Balaban J connectivity index is 1.92. The van der Waals surface area contributed by atoms with E-state index in [-0.39, 0.29) is 12.1 Å².